The molecule has 1 aliphatic rings. The van der Waals surface area contributed by atoms with Crippen molar-refractivity contribution in [2.75, 3.05) is 19.6 Å². The van der Waals surface area contributed by atoms with Crippen LogP contribution in [0.1, 0.15) is 65.7 Å². The van der Waals surface area contributed by atoms with Crippen LogP contribution in [0.2, 0.25) is 0 Å². The molecule has 0 aliphatic heterocycles. The van der Waals surface area contributed by atoms with Gasteiger partial charge in [0.1, 0.15) is 0 Å². The quantitative estimate of drug-likeness (QED) is 0.610. The Hall–Kier alpha value is -0.0800. The van der Waals surface area contributed by atoms with Gasteiger partial charge >= 0.3 is 0 Å². The topological polar surface area (TPSA) is 29.3 Å². The third-order valence-corrected chi connectivity index (χ3v) is 4.36. The van der Waals surface area contributed by atoms with Gasteiger partial charge in [0.15, 0.2) is 0 Å². The Morgan fingerprint density at radius 1 is 1.11 bits per heavy atom. The fraction of sp³-hybridized carbons (Fsp3) is 1.00. The van der Waals surface area contributed by atoms with Crippen LogP contribution in [-0.4, -0.2) is 30.6 Å². The van der Waals surface area contributed by atoms with E-state index in [9.17, 15) is 0 Å². The van der Waals surface area contributed by atoms with Gasteiger partial charge in [-0.3, -0.25) is 0 Å². The molecular formula is C16H34N2. The minimum atomic E-state index is 0.790. The van der Waals surface area contributed by atoms with Crippen LogP contribution in [0, 0.1) is 11.8 Å². The number of hydrogen-bond acceptors (Lipinski definition) is 2. The maximum atomic E-state index is 5.71. The summed E-state index contributed by atoms with van der Waals surface area (Å²) in [6.07, 6.45) is 9.52. The summed E-state index contributed by atoms with van der Waals surface area (Å²) in [5.41, 5.74) is 5.71. The average Bonchev–Trinajstić information content (AvgIpc) is 3.16. The molecule has 0 amide bonds. The molecule has 0 radical (unpaired) electrons. The van der Waals surface area contributed by atoms with Crippen LogP contribution >= 0.6 is 0 Å². The van der Waals surface area contributed by atoms with E-state index >= 15 is 0 Å². The second-order valence-electron chi connectivity index (χ2n) is 6.34. The Morgan fingerprint density at radius 3 is 2.28 bits per heavy atom. The van der Waals surface area contributed by atoms with Gasteiger partial charge in [-0.25, -0.2) is 0 Å². The third kappa shape index (κ3) is 6.19. The summed E-state index contributed by atoms with van der Waals surface area (Å²) in [6, 6.07) is 0.934. The Bertz CT molecular complexity index is 199. The van der Waals surface area contributed by atoms with Crippen molar-refractivity contribution in [2.45, 2.75) is 71.8 Å². The fourth-order valence-corrected chi connectivity index (χ4v) is 2.86. The Kier molecular flexibility index (Phi) is 7.92. The molecule has 0 aromatic heterocycles. The SMILES string of the molecule is CCCCN(CCCC(CCN)C(C)C)C1CC1. The van der Waals surface area contributed by atoms with Crippen LogP contribution in [0.15, 0.2) is 0 Å². The van der Waals surface area contributed by atoms with Crippen molar-refractivity contribution < 1.29 is 0 Å². The normalized spacial score (nSPS) is 17.7. The van der Waals surface area contributed by atoms with E-state index in [2.05, 4.69) is 25.7 Å². The van der Waals surface area contributed by atoms with Gasteiger partial charge in [-0.15, -0.1) is 0 Å². The maximum Gasteiger partial charge on any atom is 0.00964 e. The number of nitrogens with zero attached hydrogens (tertiary/aromatic N) is 1. The minimum absolute atomic E-state index is 0.790. The molecule has 1 atom stereocenters. The van der Waals surface area contributed by atoms with Crippen molar-refractivity contribution in [2.24, 2.45) is 17.6 Å². The summed E-state index contributed by atoms with van der Waals surface area (Å²) < 4.78 is 0. The van der Waals surface area contributed by atoms with Gasteiger partial charge in [0.05, 0.1) is 0 Å². The van der Waals surface area contributed by atoms with E-state index in [1.165, 1.54) is 58.0 Å². The van der Waals surface area contributed by atoms with Gasteiger partial charge in [-0.2, -0.15) is 0 Å². The molecule has 1 fully saturated rings. The van der Waals surface area contributed by atoms with Crippen molar-refractivity contribution in [3.8, 4) is 0 Å². The molecule has 0 bridgehead atoms. The first-order chi connectivity index (χ1) is 8.69. The van der Waals surface area contributed by atoms with E-state index < -0.39 is 0 Å². The van der Waals surface area contributed by atoms with Crippen LogP contribution in [0.4, 0.5) is 0 Å². The molecule has 1 aliphatic carbocycles. The molecule has 1 saturated carbocycles. The molecule has 1 unspecified atom stereocenters. The van der Waals surface area contributed by atoms with Gasteiger partial charge in [0, 0.05) is 6.04 Å². The van der Waals surface area contributed by atoms with Gasteiger partial charge < -0.3 is 10.6 Å². The van der Waals surface area contributed by atoms with Gasteiger partial charge in [0.25, 0.3) is 0 Å². The van der Waals surface area contributed by atoms with Crippen LogP contribution < -0.4 is 5.73 Å². The van der Waals surface area contributed by atoms with Crippen molar-refractivity contribution in [3.05, 3.63) is 0 Å². The predicted octanol–water partition coefficient (Wildman–Crippen LogP) is 3.65. The van der Waals surface area contributed by atoms with Crippen LogP contribution in [0.5, 0.6) is 0 Å². The zero-order valence-electron chi connectivity index (χ0n) is 12.8. The molecule has 0 saturated heterocycles. The van der Waals surface area contributed by atoms with Crippen molar-refractivity contribution in [1.82, 2.24) is 4.90 Å². The summed E-state index contributed by atoms with van der Waals surface area (Å²) in [7, 11) is 0. The lowest BCUT2D eigenvalue weighted by atomic mass is 9.88. The second-order valence-corrected chi connectivity index (χ2v) is 6.34. The summed E-state index contributed by atoms with van der Waals surface area (Å²) in [5, 5.41) is 0. The van der Waals surface area contributed by atoms with Crippen molar-refractivity contribution in [3.63, 3.8) is 0 Å². The lowest BCUT2D eigenvalue weighted by molar-refractivity contribution is 0.236. The largest absolute Gasteiger partial charge is 0.330 e. The van der Waals surface area contributed by atoms with Gasteiger partial charge in [-0.1, -0.05) is 27.2 Å². The summed E-state index contributed by atoms with van der Waals surface area (Å²) in [4.78, 5) is 2.74. The van der Waals surface area contributed by atoms with E-state index in [1.54, 1.807) is 0 Å². The predicted molar refractivity (Wildman–Crippen MR) is 80.7 cm³/mol. The van der Waals surface area contributed by atoms with E-state index in [0.717, 1.165) is 24.4 Å². The van der Waals surface area contributed by atoms with Crippen LogP contribution in [0.25, 0.3) is 0 Å². The summed E-state index contributed by atoms with van der Waals surface area (Å²) in [6.45, 7) is 10.5. The highest BCUT2D eigenvalue weighted by atomic mass is 15.2. The molecule has 0 aromatic carbocycles. The second kappa shape index (κ2) is 8.92. The molecule has 0 aromatic rings. The summed E-state index contributed by atoms with van der Waals surface area (Å²) >= 11 is 0. The zero-order valence-corrected chi connectivity index (χ0v) is 12.8. The van der Waals surface area contributed by atoms with Crippen molar-refractivity contribution >= 4 is 0 Å². The van der Waals surface area contributed by atoms with Crippen LogP contribution in [0.3, 0.4) is 0 Å². The number of hydrogen-bond donors (Lipinski definition) is 1. The molecule has 1 rings (SSSR count). The number of nitrogens with two attached hydrogens (primary N) is 1. The maximum absolute atomic E-state index is 5.71. The molecule has 18 heavy (non-hydrogen) atoms. The standard InChI is InChI=1S/C16H34N2/c1-4-5-12-18(16-8-9-16)13-6-7-15(10-11-17)14(2)3/h14-16H,4-13,17H2,1-3H3. The van der Waals surface area contributed by atoms with E-state index in [4.69, 9.17) is 5.73 Å². The first kappa shape index (κ1) is 16.0. The molecule has 2 nitrogen and oxygen atoms in total. The monoisotopic (exact) mass is 254 g/mol. The molecular weight excluding hydrogens is 220 g/mol. The Morgan fingerprint density at radius 2 is 1.78 bits per heavy atom. The molecule has 0 spiro atoms. The average molecular weight is 254 g/mol. The highest BCUT2D eigenvalue weighted by molar-refractivity contribution is 4.84. The number of rotatable bonds is 11. The molecule has 0 heterocycles. The third-order valence-electron chi connectivity index (χ3n) is 4.36. The van der Waals surface area contributed by atoms with Gasteiger partial charge in [0.2, 0.25) is 0 Å². The number of unbranched alkanes of at least 4 members (excludes halogenated alkanes) is 1. The Balaban J connectivity index is 2.19. The lowest BCUT2D eigenvalue weighted by Crippen LogP contribution is -2.29. The van der Waals surface area contributed by atoms with Gasteiger partial charge in [-0.05, 0) is 70.0 Å². The lowest BCUT2D eigenvalue weighted by Gasteiger charge is -2.24. The van der Waals surface area contributed by atoms with Crippen LogP contribution in [-0.2, 0) is 0 Å². The van der Waals surface area contributed by atoms with E-state index in [0.29, 0.717) is 0 Å². The Labute approximate surface area is 114 Å². The smallest absolute Gasteiger partial charge is 0.00964 e. The zero-order chi connectivity index (χ0) is 13.4. The first-order valence-electron chi connectivity index (χ1n) is 8.13. The molecule has 2 N–H and O–H groups in total. The fourth-order valence-electron chi connectivity index (χ4n) is 2.86. The minimum Gasteiger partial charge on any atom is -0.330 e. The van der Waals surface area contributed by atoms with E-state index in [-0.39, 0.29) is 0 Å². The first-order valence-corrected chi connectivity index (χ1v) is 8.13. The van der Waals surface area contributed by atoms with E-state index in [1.807, 2.05) is 0 Å². The summed E-state index contributed by atoms with van der Waals surface area (Å²) in [5.74, 6) is 1.63. The highest BCUT2D eigenvalue weighted by Crippen LogP contribution is 2.28. The van der Waals surface area contributed by atoms with Crippen molar-refractivity contribution in [1.29, 1.82) is 0 Å². The highest BCUT2D eigenvalue weighted by Gasteiger charge is 2.28. The molecule has 2 heteroatoms. The molecule has 108 valence electrons.